The van der Waals surface area contributed by atoms with Gasteiger partial charge in [-0.05, 0) is 24.6 Å². The molecule has 1 unspecified atom stereocenters. The van der Waals surface area contributed by atoms with Gasteiger partial charge in [0.05, 0.1) is 6.61 Å². The first kappa shape index (κ1) is 16.0. The van der Waals surface area contributed by atoms with Crippen LogP contribution in [0.15, 0.2) is 48.5 Å². The number of hydrogen-bond acceptors (Lipinski definition) is 4. The highest BCUT2D eigenvalue weighted by molar-refractivity contribution is 5.76. The van der Waals surface area contributed by atoms with Crippen LogP contribution in [-0.4, -0.2) is 26.1 Å². The van der Waals surface area contributed by atoms with Crippen LogP contribution < -0.4 is 9.47 Å². The minimum Gasteiger partial charge on any atom is -0.489 e. The highest BCUT2D eigenvalue weighted by Gasteiger charge is 2.07. The molecule has 4 heteroatoms. The first-order chi connectivity index (χ1) is 10.7. The lowest BCUT2D eigenvalue weighted by Gasteiger charge is -2.15. The standard InChI is InChI=1S/C18H20O4/c1-14(12-20-2)22-18-9-16(11-19)8-17(10-18)21-13-15-6-4-3-5-7-15/h3-11,14H,12-13H2,1-2H3. The third kappa shape index (κ3) is 4.90. The summed E-state index contributed by atoms with van der Waals surface area (Å²) in [6.45, 7) is 2.82. The predicted octanol–water partition coefficient (Wildman–Crippen LogP) is 3.49. The van der Waals surface area contributed by atoms with E-state index in [4.69, 9.17) is 14.2 Å². The zero-order chi connectivity index (χ0) is 15.8. The summed E-state index contributed by atoms with van der Waals surface area (Å²) in [5.74, 6) is 1.20. The Labute approximate surface area is 130 Å². The Balaban J connectivity index is 2.08. The van der Waals surface area contributed by atoms with Gasteiger partial charge in [-0.3, -0.25) is 4.79 Å². The molecule has 116 valence electrons. The Hall–Kier alpha value is -2.33. The molecule has 0 aliphatic carbocycles. The highest BCUT2D eigenvalue weighted by atomic mass is 16.5. The zero-order valence-electron chi connectivity index (χ0n) is 12.8. The van der Waals surface area contributed by atoms with Crippen molar-refractivity contribution in [3.63, 3.8) is 0 Å². The van der Waals surface area contributed by atoms with Crippen molar-refractivity contribution >= 4 is 6.29 Å². The summed E-state index contributed by atoms with van der Waals surface area (Å²) < 4.78 is 16.5. The average molecular weight is 300 g/mol. The number of carbonyl (C=O) groups is 1. The molecular weight excluding hydrogens is 280 g/mol. The van der Waals surface area contributed by atoms with Gasteiger partial charge < -0.3 is 14.2 Å². The first-order valence-corrected chi connectivity index (χ1v) is 7.14. The van der Waals surface area contributed by atoms with E-state index in [1.54, 1.807) is 25.3 Å². The Morgan fingerprint density at radius 2 is 1.82 bits per heavy atom. The Kier molecular flexibility index (Phi) is 5.98. The molecule has 4 nitrogen and oxygen atoms in total. The maximum Gasteiger partial charge on any atom is 0.150 e. The van der Waals surface area contributed by atoms with E-state index in [-0.39, 0.29) is 6.10 Å². The summed E-state index contributed by atoms with van der Waals surface area (Å²) in [7, 11) is 1.62. The molecule has 0 spiro atoms. The molecule has 22 heavy (non-hydrogen) atoms. The van der Waals surface area contributed by atoms with Gasteiger partial charge in [0.25, 0.3) is 0 Å². The monoisotopic (exact) mass is 300 g/mol. The van der Waals surface area contributed by atoms with Gasteiger partial charge in [-0.1, -0.05) is 30.3 Å². The molecule has 0 saturated carbocycles. The molecule has 0 N–H and O–H groups in total. The van der Waals surface area contributed by atoms with Crippen molar-refractivity contribution in [1.82, 2.24) is 0 Å². The van der Waals surface area contributed by atoms with Gasteiger partial charge in [-0.2, -0.15) is 0 Å². The van der Waals surface area contributed by atoms with Crippen LogP contribution in [0.3, 0.4) is 0 Å². The topological polar surface area (TPSA) is 44.8 Å². The second-order valence-electron chi connectivity index (χ2n) is 5.01. The van der Waals surface area contributed by atoms with Gasteiger partial charge in [0.15, 0.2) is 0 Å². The SMILES string of the molecule is COCC(C)Oc1cc(C=O)cc(OCc2ccccc2)c1. The quantitative estimate of drug-likeness (QED) is 0.700. The van der Waals surface area contributed by atoms with Gasteiger partial charge in [-0.25, -0.2) is 0 Å². The first-order valence-electron chi connectivity index (χ1n) is 7.14. The molecule has 2 aromatic rings. The van der Waals surface area contributed by atoms with Crippen LogP contribution in [-0.2, 0) is 11.3 Å². The van der Waals surface area contributed by atoms with E-state index in [0.717, 1.165) is 11.8 Å². The van der Waals surface area contributed by atoms with Crippen molar-refractivity contribution in [2.75, 3.05) is 13.7 Å². The number of aldehydes is 1. The summed E-state index contributed by atoms with van der Waals surface area (Å²) in [6, 6.07) is 15.0. The number of hydrogen-bond donors (Lipinski definition) is 0. The normalized spacial score (nSPS) is 11.7. The second kappa shape index (κ2) is 8.20. The molecule has 0 radical (unpaired) electrons. The number of carbonyl (C=O) groups excluding carboxylic acids is 1. The average Bonchev–Trinajstić information content (AvgIpc) is 2.54. The van der Waals surface area contributed by atoms with Crippen molar-refractivity contribution in [3.8, 4) is 11.5 Å². The van der Waals surface area contributed by atoms with Crippen molar-refractivity contribution in [2.45, 2.75) is 19.6 Å². The van der Waals surface area contributed by atoms with E-state index in [1.165, 1.54) is 0 Å². The van der Waals surface area contributed by atoms with E-state index in [0.29, 0.717) is 30.3 Å². The van der Waals surface area contributed by atoms with E-state index in [1.807, 2.05) is 37.3 Å². The summed E-state index contributed by atoms with van der Waals surface area (Å²) in [5, 5.41) is 0. The molecule has 0 saturated heterocycles. The smallest absolute Gasteiger partial charge is 0.150 e. The molecule has 0 fully saturated rings. The number of ether oxygens (including phenoxy) is 3. The largest absolute Gasteiger partial charge is 0.489 e. The number of rotatable bonds is 8. The maximum atomic E-state index is 11.1. The zero-order valence-corrected chi connectivity index (χ0v) is 12.8. The Bertz CT molecular complexity index is 595. The lowest BCUT2D eigenvalue weighted by atomic mass is 10.2. The molecule has 0 bridgehead atoms. The third-order valence-electron chi connectivity index (χ3n) is 3.03. The van der Waals surface area contributed by atoms with Crippen LogP contribution in [0, 0.1) is 0 Å². The lowest BCUT2D eigenvalue weighted by molar-refractivity contribution is 0.0916. The Morgan fingerprint density at radius 1 is 1.09 bits per heavy atom. The molecule has 0 amide bonds. The fraction of sp³-hybridized carbons (Fsp3) is 0.278. The minimum absolute atomic E-state index is 0.103. The highest BCUT2D eigenvalue weighted by Crippen LogP contribution is 2.24. The number of benzene rings is 2. The van der Waals surface area contributed by atoms with E-state index < -0.39 is 0 Å². The fourth-order valence-corrected chi connectivity index (χ4v) is 2.06. The summed E-state index contributed by atoms with van der Waals surface area (Å²) in [4.78, 5) is 11.1. The minimum atomic E-state index is -0.103. The van der Waals surface area contributed by atoms with E-state index >= 15 is 0 Å². The fourth-order valence-electron chi connectivity index (χ4n) is 2.06. The van der Waals surface area contributed by atoms with Crippen LogP contribution in [0.5, 0.6) is 11.5 Å². The van der Waals surface area contributed by atoms with Gasteiger partial charge in [0.1, 0.15) is 30.5 Å². The molecule has 2 aromatic carbocycles. The van der Waals surface area contributed by atoms with Gasteiger partial charge >= 0.3 is 0 Å². The van der Waals surface area contributed by atoms with Crippen molar-refractivity contribution < 1.29 is 19.0 Å². The van der Waals surface area contributed by atoms with Crippen molar-refractivity contribution in [2.24, 2.45) is 0 Å². The van der Waals surface area contributed by atoms with Gasteiger partial charge in [-0.15, -0.1) is 0 Å². The van der Waals surface area contributed by atoms with Crippen LogP contribution >= 0.6 is 0 Å². The molecule has 0 aliphatic rings. The van der Waals surface area contributed by atoms with Crippen LogP contribution in [0.2, 0.25) is 0 Å². The molecule has 1 atom stereocenters. The summed E-state index contributed by atoms with van der Waals surface area (Å²) in [5.41, 5.74) is 1.58. The van der Waals surface area contributed by atoms with Crippen LogP contribution in [0.1, 0.15) is 22.8 Å². The van der Waals surface area contributed by atoms with Gasteiger partial charge in [0.2, 0.25) is 0 Å². The Morgan fingerprint density at radius 3 is 2.50 bits per heavy atom. The molecule has 0 aromatic heterocycles. The second-order valence-corrected chi connectivity index (χ2v) is 5.01. The molecular formula is C18H20O4. The summed E-state index contributed by atoms with van der Waals surface area (Å²) in [6.07, 6.45) is 0.678. The lowest BCUT2D eigenvalue weighted by Crippen LogP contribution is -2.18. The molecule has 2 rings (SSSR count). The molecule has 0 heterocycles. The van der Waals surface area contributed by atoms with Crippen LogP contribution in [0.4, 0.5) is 0 Å². The van der Waals surface area contributed by atoms with Crippen molar-refractivity contribution in [3.05, 3.63) is 59.7 Å². The van der Waals surface area contributed by atoms with Crippen LogP contribution in [0.25, 0.3) is 0 Å². The number of methoxy groups -OCH3 is 1. The summed E-state index contributed by atoms with van der Waals surface area (Å²) >= 11 is 0. The van der Waals surface area contributed by atoms with Crippen molar-refractivity contribution in [1.29, 1.82) is 0 Å². The van der Waals surface area contributed by atoms with E-state index in [2.05, 4.69) is 0 Å². The predicted molar refractivity (Wildman–Crippen MR) is 84.6 cm³/mol. The van der Waals surface area contributed by atoms with Gasteiger partial charge in [0, 0.05) is 18.7 Å². The maximum absolute atomic E-state index is 11.1. The van der Waals surface area contributed by atoms with E-state index in [9.17, 15) is 4.79 Å². The third-order valence-corrected chi connectivity index (χ3v) is 3.03. The molecule has 0 aliphatic heterocycles.